The molecule has 1 N–H and O–H groups in total. The molecule has 0 radical (unpaired) electrons. The second-order valence-corrected chi connectivity index (χ2v) is 5.70. The average molecular weight is 272 g/mol. The molecule has 96 valence electrons. The summed E-state index contributed by atoms with van der Waals surface area (Å²) < 4.78 is 13.6. The Morgan fingerprint density at radius 2 is 2.26 bits per heavy atom. The van der Waals surface area contributed by atoms with Crippen LogP contribution in [0.5, 0.6) is 0 Å². The van der Waals surface area contributed by atoms with E-state index in [-0.39, 0.29) is 11.6 Å². The molecule has 1 aliphatic carbocycles. The summed E-state index contributed by atoms with van der Waals surface area (Å²) in [5.74, 6) is -0.464. The van der Waals surface area contributed by atoms with Crippen LogP contribution >= 0.6 is 11.3 Å². The van der Waals surface area contributed by atoms with Crippen molar-refractivity contribution in [2.24, 2.45) is 0 Å². The number of fused-ring (bicyclic) bond motifs is 1. The van der Waals surface area contributed by atoms with Crippen LogP contribution in [0.25, 0.3) is 0 Å². The van der Waals surface area contributed by atoms with E-state index >= 15 is 0 Å². The van der Waals surface area contributed by atoms with Crippen molar-refractivity contribution in [3.8, 4) is 6.07 Å². The molecule has 19 heavy (non-hydrogen) atoms. The third-order valence-corrected chi connectivity index (χ3v) is 4.48. The number of nitrogens with zero attached hydrogens (tertiary/aromatic N) is 1. The number of hydrogen-bond acceptors (Lipinski definition) is 3. The van der Waals surface area contributed by atoms with E-state index in [4.69, 9.17) is 5.26 Å². The molecule has 1 aromatic heterocycles. The van der Waals surface area contributed by atoms with Crippen molar-refractivity contribution in [2.45, 2.75) is 25.3 Å². The molecule has 4 heteroatoms. The maximum absolute atomic E-state index is 13.6. The zero-order valence-corrected chi connectivity index (χ0v) is 11.1. The topological polar surface area (TPSA) is 35.8 Å². The highest BCUT2D eigenvalue weighted by Gasteiger charge is 2.21. The van der Waals surface area contributed by atoms with Crippen LogP contribution in [0.4, 0.5) is 10.1 Å². The van der Waals surface area contributed by atoms with Crippen LogP contribution in [0.2, 0.25) is 0 Å². The number of anilines is 1. The molecular weight excluding hydrogens is 259 g/mol. The molecule has 0 bridgehead atoms. The first-order chi connectivity index (χ1) is 9.28. The van der Waals surface area contributed by atoms with Gasteiger partial charge in [0.1, 0.15) is 11.9 Å². The van der Waals surface area contributed by atoms with Gasteiger partial charge in [-0.25, -0.2) is 4.39 Å². The lowest BCUT2D eigenvalue weighted by atomic mass is 9.94. The van der Waals surface area contributed by atoms with Gasteiger partial charge in [-0.05, 0) is 54.5 Å². The van der Waals surface area contributed by atoms with Gasteiger partial charge in [-0.2, -0.15) is 5.26 Å². The van der Waals surface area contributed by atoms with E-state index in [9.17, 15) is 4.39 Å². The first kappa shape index (κ1) is 12.2. The molecule has 0 spiro atoms. The highest BCUT2D eigenvalue weighted by Crippen LogP contribution is 2.35. The number of hydrogen-bond donors (Lipinski definition) is 1. The Bertz CT molecular complexity index is 642. The highest BCUT2D eigenvalue weighted by atomic mass is 32.1. The summed E-state index contributed by atoms with van der Waals surface area (Å²) in [6, 6.07) is 8.93. The van der Waals surface area contributed by atoms with Crippen molar-refractivity contribution < 1.29 is 4.39 Å². The van der Waals surface area contributed by atoms with Crippen LogP contribution in [0, 0.1) is 17.1 Å². The van der Waals surface area contributed by atoms with Crippen molar-refractivity contribution in [1.29, 1.82) is 5.26 Å². The molecule has 3 rings (SSSR count). The molecule has 0 fully saturated rings. The van der Waals surface area contributed by atoms with Crippen molar-refractivity contribution in [1.82, 2.24) is 0 Å². The SMILES string of the molecule is N#Cc1ccc(NC2CCCc3sccc32)cc1F. The summed E-state index contributed by atoms with van der Waals surface area (Å²) >= 11 is 1.79. The number of nitriles is 1. The van der Waals surface area contributed by atoms with E-state index < -0.39 is 5.82 Å². The molecule has 1 atom stereocenters. The fourth-order valence-corrected chi connectivity index (χ4v) is 3.52. The molecule has 1 unspecified atom stereocenters. The zero-order valence-electron chi connectivity index (χ0n) is 10.3. The lowest BCUT2D eigenvalue weighted by molar-refractivity contribution is 0.604. The van der Waals surface area contributed by atoms with Crippen LogP contribution in [0.15, 0.2) is 29.6 Å². The molecule has 2 aromatic rings. The van der Waals surface area contributed by atoms with Crippen LogP contribution in [0.1, 0.15) is 34.9 Å². The first-order valence-corrected chi connectivity index (χ1v) is 7.18. The van der Waals surface area contributed by atoms with Gasteiger partial charge in [0.05, 0.1) is 11.6 Å². The molecule has 0 amide bonds. The van der Waals surface area contributed by atoms with E-state index in [0.717, 1.165) is 24.9 Å². The molecule has 0 saturated heterocycles. The zero-order chi connectivity index (χ0) is 13.2. The number of rotatable bonds is 2. The Kier molecular flexibility index (Phi) is 3.22. The maximum atomic E-state index is 13.6. The summed E-state index contributed by atoms with van der Waals surface area (Å²) in [6.45, 7) is 0. The largest absolute Gasteiger partial charge is 0.378 e. The van der Waals surface area contributed by atoms with Crippen molar-refractivity contribution in [2.75, 3.05) is 5.32 Å². The fraction of sp³-hybridized carbons (Fsp3) is 0.267. The molecule has 2 nitrogen and oxygen atoms in total. The van der Waals surface area contributed by atoms with Crippen molar-refractivity contribution in [3.63, 3.8) is 0 Å². The van der Waals surface area contributed by atoms with E-state index in [1.807, 2.05) is 6.07 Å². The van der Waals surface area contributed by atoms with Crippen LogP contribution < -0.4 is 5.32 Å². The molecule has 1 heterocycles. The predicted octanol–water partition coefficient (Wildman–Crippen LogP) is 4.25. The van der Waals surface area contributed by atoms with Gasteiger partial charge in [-0.1, -0.05) is 0 Å². The Balaban J connectivity index is 1.84. The van der Waals surface area contributed by atoms with E-state index in [0.29, 0.717) is 0 Å². The van der Waals surface area contributed by atoms with Crippen LogP contribution in [0.3, 0.4) is 0 Å². The van der Waals surface area contributed by atoms with Gasteiger partial charge in [0.15, 0.2) is 0 Å². The second kappa shape index (κ2) is 5.02. The molecule has 0 aliphatic heterocycles. The number of halogens is 1. The summed E-state index contributed by atoms with van der Waals surface area (Å²) in [6.07, 6.45) is 3.36. The van der Waals surface area contributed by atoms with E-state index in [1.54, 1.807) is 17.4 Å². The lowest BCUT2D eigenvalue weighted by Crippen LogP contribution is -2.15. The van der Waals surface area contributed by atoms with Gasteiger partial charge in [0, 0.05) is 10.6 Å². The molecule has 0 saturated carbocycles. The van der Waals surface area contributed by atoms with Gasteiger partial charge in [-0.3, -0.25) is 0 Å². The van der Waals surface area contributed by atoms with Gasteiger partial charge >= 0.3 is 0 Å². The standard InChI is InChI=1S/C15H13FN2S/c16-13-8-11(5-4-10(13)9-17)18-14-2-1-3-15-12(14)6-7-19-15/h4-8,14,18H,1-3H2. The van der Waals surface area contributed by atoms with Gasteiger partial charge in [0.2, 0.25) is 0 Å². The normalized spacial score (nSPS) is 17.6. The van der Waals surface area contributed by atoms with E-state index in [2.05, 4.69) is 16.8 Å². The monoisotopic (exact) mass is 272 g/mol. The number of benzene rings is 1. The molecule has 1 aliphatic rings. The molecule has 1 aromatic carbocycles. The Morgan fingerprint density at radius 3 is 3.05 bits per heavy atom. The Morgan fingerprint density at radius 1 is 1.37 bits per heavy atom. The summed E-state index contributed by atoms with van der Waals surface area (Å²) in [5.41, 5.74) is 2.16. The highest BCUT2D eigenvalue weighted by molar-refractivity contribution is 7.10. The lowest BCUT2D eigenvalue weighted by Gasteiger charge is -2.24. The van der Waals surface area contributed by atoms with Crippen LogP contribution in [-0.4, -0.2) is 0 Å². The van der Waals surface area contributed by atoms with Crippen molar-refractivity contribution in [3.05, 3.63) is 51.5 Å². The molecular formula is C15H13FN2S. The Hall–Kier alpha value is -1.86. The number of aryl methyl sites for hydroxylation is 1. The van der Waals surface area contributed by atoms with Gasteiger partial charge in [0.25, 0.3) is 0 Å². The minimum atomic E-state index is -0.464. The van der Waals surface area contributed by atoms with Crippen molar-refractivity contribution >= 4 is 17.0 Å². The quantitative estimate of drug-likeness (QED) is 0.887. The predicted molar refractivity (Wildman–Crippen MR) is 74.7 cm³/mol. The maximum Gasteiger partial charge on any atom is 0.143 e. The van der Waals surface area contributed by atoms with Gasteiger partial charge in [-0.15, -0.1) is 11.3 Å². The average Bonchev–Trinajstić information content (AvgIpc) is 2.88. The Labute approximate surface area is 115 Å². The summed E-state index contributed by atoms with van der Waals surface area (Å²) in [4.78, 5) is 1.43. The second-order valence-electron chi connectivity index (χ2n) is 4.69. The van der Waals surface area contributed by atoms with E-state index in [1.165, 1.54) is 22.6 Å². The van der Waals surface area contributed by atoms with Gasteiger partial charge < -0.3 is 5.32 Å². The number of nitrogens with one attached hydrogen (secondary N) is 1. The summed E-state index contributed by atoms with van der Waals surface area (Å²) in [7, 11) is 0. The third-order valence-electron chi connectivity index (χ3n) is 3.48. The fourth-order valence-electron chi connectivity index (χ4n) is 2.53. The summed E-state index contributed by atoms with van der Waals surface area (Å²) in [5, 5.41) is 14.2. The minimum Gasteiger partial charge on any atom is -0.378 e. The van der Waals surface area contributed by atoms with Crippen LogP contribution in [-0.2, 0) is 6.42 Å². The number of thiophene rings is 1. The third kappa shape index (κ3) is 2.34. The smallest absolute Gasteiger partial charge is 0.143 e. The first-order valence-electron chi connectivity index (χ1n) is 6.30. The minimum absolute atomic E-state index is 0.0883.